The Hall–Kier alpha value is -0.950. The van der Waals surface area contributed by atoms with E-state index < -0.39 is 3.79 Å². The molecular formula is C12H10Cl3N3. The van der Waals surface area contributed by atoms with Gasteiger partial charge < -0.3 is 4.57 Å². The van der Waals surface area contributed by atoms with Gasteiger partial charge in [-0.2, -0.15) is 5.26 Å². The summed E-state index contributed by atoms with van der Waals surface area (Å²) in [6, 6.07) is 9.67. The number of nitrogens with zero attached hydrogens (tertiary/aromatic N) is 3. The summed E-state index contributed by atoms with van der Waals surface area (Å²) in [4.78, 5) is 4.33. The zero-order valence-electron chi connectivity index (χ0n) is 9.57. The number of benzene rings is 1. The average Bonchev–Trinajstić information content (AvgIpc) is 2.68. The second kappa shape index (κ2) is 4.97. The van der Waals surface area contributed by atoms with Crippen LogP contribution in [0.2, 0.25) is 0 Å². The van der Waals surface area contributed by atoms with E-state index in [0.29, 0.717) is 12.4 Å². The molecule has 0 saturated carbocycles. The number of halogens is 3. The van der Waals surface area contributed by atoms with Crippen LogP contribution >= 0.6 is 34.8 Å². The largest absolute Gasteiger partial charge is 0.323 e. The second-order valence-electron chi connectivity index (χ2n) is 4.06. The molecule has 1 aromatic carbocycles. The molecule has 0 aliphatic carbocycles. The van der Waals surface area contributed by atoms with E-state index in [-0.39, 0.29) is 5.92 Å². The van der Waals surface area contributed by atoms with Crippen LogP contribution in [-0.2, 0) is 10.3 Å². The molecule has 0 aliphatic rings. The van der Waals surface area contributed by atoms with Crippen molar-refractivity contribution in [1.82, 2.24) is 9.55 Å². The van der Waals surface area contributed by atoms with Crippen molar-refractivity contribution in [3.8, 4) is 6.07 Å². The van der Waals surface area contributed by atoms with Crippen molar-refractivity contribution in [2.45, 2.75) is 17.3 Å². The zero-order valence-corrected chi connectivity index (χ0v) is 11.8. The van der Waals surface area contributed by atoms with Gasteiger partial charge in [0, 0.05) is 6.54 Å². The number of nitriles is 1. The molecule has 1 unspecified atom stereocenters. The lowest BCUT2D eigenvalue weighted by atomic mass is 10.2. The van der Waals surface area contributed by atoms with Crippen LogP contribution in [0, 0.1) is 17.2 Å². The third-order valence-corrected chi connectivity index (χ3v) is 3.09. The molecule has 6 heteroatoms. The van der Waals surface area contributed by atoms with Gasteiger partial charge in [0.25, 0.3) is 0 Å². The first-order valence-electron chi connectivity index (χ1n) is 5.35. The van der Waals surface area contributed by atoms with Crippen LogP contribution in [0.5, 0.6) is 0 Å². The minimum Gasteiger partial charge on any atom is -0.323 e. The lowest BCUT2D eigenvalue weighted by Crippen LogP contribution is -2.15. The van der Waals surface area contributed by atoms with E-state index in [2.05, 4.69) is 11.1 Å². The van der Waals surface area contributed by atoms with Gasteiger partial charge in [-0.1, -0.05) is 46.9 Å². The number of fused-ring (bicyclic) bond motifs is 1. The molecule has 1 atom stereocenters. The summed E-state index contributed by atoms with van der Waals surface area (Å²) in [6.07, 6.45) is 0. The smallest absolute Gasteiger partial charge is 0.248 e. The van der Waals surface area contributed by atoms with Gasteiger partial charge in [-0.3, -0.25) is 0 Å². The molecule has 0 N–H and O–H groups in total. The van der Waals surface area contributed by atoms with Crippen molar-refractivity contribution in [2.24, 2.45) is 5.92 Å². The maximum atomic E-state index is 8.92. The molecule has 0 bridgehead atoms. The Morgan fingerprint density at radius 2 is 2.06 bits per heavy atom. The molecular weight excluding hydrogens is 293 g/mol. The first-order valence-corrected chi connectivity index (χ1v) is 6.49. The zero-order chi connectivity index (χ0) is 13.3. The fraction of sp³-hybridized carbons (Fsp3) is 0.333. The Bertz CT molecular complexity index is 607. The second-order valence-corrected chi connectivity index (χ2v) is 6.34. The molecule has 2 aromatic rings. The molecule has 0 saturated heterocycles. The highest BCUT2D eigenvalue weighted by atomic mass is 35.6. The summed E-state index contributed by atoms with van der Waals surface area (Å²) in [7, 11) is 0. The fourth-order valence-electron chi connectivity index (χ4n) is 1.79. The molecule has 0 spiro atoms. The number of imidazole rings is 1. The van der Waals surface area contributed by atoms with Crippen molar-refractivity contribution < 1.29 is 0 Å². The van der Waals surface area contributed by atoms with Gasteiger partial charge in [0.1, 0.15) is 0 Å². The normalized spacial score (nSPS) is 13.5. The quantitative estimate of drug-likeness (QED) is 0.786. The molecule has 1 aromatic heterocycles. The van der Waals surface area contributed by atoms with E-state index in [1.165, 1.54) is 0 Å². The molecule has 3 nitrogen and oxygen atoms in total. The van der Waals surface area contributed by atoms with Crippen molar-refractivity contribution in [3.63, 3.8) is 0 Å². The number of alkyl halides is 3. The Kier molecular flexibility index (Phi) is 3.72. The van der Waals surface area contributed by atoms with Crippen LogP contribution in [0.25, 0.3) is 11.0 Å². The van der Waals surface area contributed by atoms with Crippen molar-refractivity contribution in [1.29, 1.82) is 5.26 Å². The summed E-state index contributed by atoms with van der Waals surface area (Å²) < 4.78 is 0.185. The minimum atomic E-state index is -1.60. The van der Waals surface area contributed by atoms with Crippen LogP contribution in [0.4, 0.5) is 0 Å². The highest BCUT2D eigenvalue weighted by Gasteiger charge is 2.30. The third-order valence-electron chi connectivity index (χ3n) is 2.58. The van der Waals surface area contributed by atoms with Gasteiger partial charge in [0.15, 0.2) is 5.82 Å². The van der Waals surface area contributed by atoms with E-state index in [1.54, 1.807) is 4.57 Å². The van der Waals surface area contributed by atoms with Gasteiger partial charge >= 0.3 is 0 Å². The first-order chi connectivity index (χ1) is 8.43. The van der Waals surface area contributed by atoms with E-state index in [9.17, 15) is 0 Å². The lowest BCUT2D eigenvalue weighted by molar-refractivity contribution is 0.573. The van der Waals surface area contributed by atoms with Gasteiger partial charge in [0.05, 0.1) is 23.0 Å². The Morgan fingerprint density at radius 1 is 1.39 bits per heavy atom. The molecule has 1 heterocycles. The number of aromatic nitrogens is 2. The Labute approximate surface area is 120 Å². The molecule has 0 radical (unpaired) electrons. The lowest BCUT2D eigenvalue weighted by Gasteiger charge is -2.15. The number of para-hydroxylation sites is 2. The summed E-state index contributed by atoms with van der Waals surface area (Å²) in [6.45, 7) is 2.26. The molecule has 18 heavy (non-hydrogen) atoms. The van der Waals surface area contributed by atoms with Crippen molar-refractivity contribution in [3.05, 3.63) is 30.1 Å². The Morgan fingerprint density at radius 3 is 2.67 bits per heavy atom. The summed E-state index contributed by atoms with van der Waals surface area (Å²) >= 11 is 17.8. The fourth-order valence-corrected chi connectivity index (χ4v) is 2.22. The average molecular weight is 303 g/mol. The molecule has 94 valence electrons. The predicted molar refractivity (Wildman–Crippen MR) is 73.7 cm³/mol. The van der Waals surface area contributed by atoms with Gasteiger partial charge in [-0.15, -0.1) is 0 Å². The van der Waals surface area contributed by atoms with Gasteiger partial charge in [-0.25, -0.2) is 4.98 Å². The summed E-state index contributed by atoms with van der Waals surface area (Å²) in [5, 5.41) is 8.92. The van der Waals surface area contributed by atoms with Gasteiger partial charge in [0.2, 0.25) is 3.79 Å². The highest BCUT2D eigenvalue weighted by molar-refractivity contribution is 6.66. The number of hydrogen-bond donors (Lipinski definition) is 0. The third kappa shape index (κ3) is 2.56. The van der Waals surface area contributed by atoms with E-state index in [4.69, 9.17) is 40.1 Å². The maximum Gasteiger partial charge on any atom is 0.248 e. The molecule has 2 rings (SSSR count). The topological polar surface area (TPSA) is 41.6 Å². The van der Waals surface area contributed by atoms with Crippen molar-refractivity contribution in [2.75, 3.05) is 0 Å². The van der Waals surface area contributed by atoms with Crippen LogP contribution in [-0.4, -0.2) is 9.55 Å². The van der Waals surface area contributed by atoms with E-state index in [0.717, 1.165) is 11.0 Å². The SMILES string of the molecule is CC(C#N)Cn1c(C(Cl)(Cl)Cl)nc2ccccc21. The Balaban J connectivity index is 2.62. The van der Waals surface area contributed by atoms with Crippen LogP contribution in [0.15, 0.2) is 24.3 Å². The van der Waals surface area contributed by atoms with E-state index >= 15 is 0 Å². The monoisotopic (exact) mass is 301 g/mol. The number of rotatable bonds is 2. The number of hydrogen-bond acceptors (Lipinski definition) is 2. The predicted octanol–water partition coefficient (Wildman–Crippen LogP) is 4.02. The van der Waals surface area contributed by atoms with Crippen molar-refractivity contribution >= 4 is 45.8 Å². The summed E-state index contributed by atoms with van der Waals surface area (Å²) in [5.74, 6) is 0.157. The van der Waals surface area contributed by atoms with E-state index in [1.807, 2.05) is 31.2 Å². The van der Waals surface area contributed by atoms with Gasteiger partial charge in [-0.05, 0) is 19.1 Å². The molecule has 0 amide bonds. The molecule has 0 aliphatic heterocycles. The minimum absolute atomic E-state index is 0.186. The maximum absolute atomic E-state index is 8.92. The molecule has 0 fully saturated rings. The summed E-state index contributed by atoms with van der Waals surface area (Å²) in [5.41, 5.74) is 1.62. The van der Waals surface area contributed by atoms with Crippen LogP contribution in [0.1, 0.15) is 12.7 Å². The van der Waals surface area contributed by atoms with Crippen LogP contribution in [0.3, 0.4) is 0 Å². The standard InChI is InChI=1S/C12H10Cl3N3/c1-8(6-16)7-18-10-5-3-2-4-9(10)17-11(18)12(13,14)15/h2-5,8H,7H2,1H3. The highest BCUT2D eigenvalue weighted by Crippen LogP contribution is 2.39. The first kappa shape index (κ1) is 13.5. The van der Waals surface area contributed by atoms with Crippen LogP contribution < -0.4 is 0 Å².